The van der Waals surface area contributed by atoms with E-state index in [9.17, 15) is 4.79 Å². The highest BCUT2D eigenvalue weighted by atomic mass is 16.5. The van der Waals surface area contributed by atoms with Crippen LogP contribution in [-0.2, 0) is 18.3 Å². The smallest absolute Gasteiger partial charge is 0.242 e. The first-order chi connectivity index (χ1) is 15.9. The molecule has 1 saturated heterocycles. The van der Waals surface area contributed by atoms with Crippen molar-refractivity contribution in [1.82, 2.24) is 25.0 Å². The maximum Gasteiger partial charge on any atom is 0.242 e. The molecule has 1 unspecified atom stereocenters. The van der Waals surface area contributed by atoms with Gasteiger partial charge in [0, 0.05) is 25.7 Å². The lowest BCUT2D eigenvalue weighted by Crippen LogP contribution is -2.36. The number of methoxy groups -OCH3 is 1. The highest BCUT2D eigenvalue weighted by molar-refractivity contribution is 5.86. The number of carbonyl (C=O) groups excluding carboxylic acids is 1. The van der Waals surface area contributed by atoms with Crippen LogP contribution in [0, 0.1) is 20.8 Å². The summed E-state index contributed by atoms with van der Waals surface area (Å²) in [5, 5.41) is 8.54. The van der Waals surface area contributed by atoms with Crippen LogP contribution in [0.25, 0.3) is 11.0 Å². The lowest BCUT2D eigenvalue weighted by atomic mass is 10.00. The molecule has 0 spiro atoms. The second kappa shape index (κ2) is 9.91. The molecule has 1 fully saturated rings. The second-order valence-corrected chi connectivity index (χ2v) is 9.11. The number of aryl methyl sites for hydroxylation is 4. The predicted molar refractivity (Wildman–Crippen MR) is 131 cm³/mol. The molecule has 1 aliphatic heterocycles. The maximum atomic E-state index is 12.8. The fourth-order valence-electron chi connectivity index (χ4n) is 4.94. The normalized spacial score (nSPS) is 15.2. The molecule has 4 rings (SSSR count). The quantitative estimate of drug-likeness (QED) is 0.567. The first kappa shape index (κ1) is 23.2. The Hall–Kier alpha value is -2.93. The van der Waals surface area contributed by atoms with Gasteiger partial charge in [0.05, 0.1) is 18.5 Å². The van der Waals surface area contributed by atoms with Crippen LogP contribution in [0.3, 0.4) is 0 Å². The molecule has 3 aromatic rings. The van der Waals surface area contributed by atoms with E-state index >= 15 is 0 Å². The van der Waals surface area contributed by atoms with Crippen molar-refractivity contribution in [2.24, 2.45) is 7.05 Å². The Bertz CT molecular complexity index is 1130. The third kappa shape index (κ3) is 4.88. The van der Waals surface area contributed by atoms with Gasteiger partial charge in [0.2, 0.25) is 11.8 Å². The fourth-order valence-corrected chi connectivity index (χ4v) is 4.94. The van der Waals surface area contributed by atoms with E-state index in [1.807, 2.05) is 14.0 Å². The summed E-state index contributed by atoms with van der Waals surface area (Å²) in [5.41, 5.74) is 6.45. The van der Waals surface area contributed by atoms with Gasteiger partial charge in [0.1, 0.15) is 0 Å². The number of hydrogen-bond acceptors (Lipinski definition) is 5. The number of benzene rings is 1. The number of carbonyl (C=O) groups is 1. The van der Waals surface area contributed by atoms with Crippen LogP contribution in [0.1, 0.15) is 53.3 Å². The molecule has 2 aromatic heterocycles. The Labute approximate surface area is 196 Å². The van der Waals surface area contributed by atoms with Crippen LogP contribution >= 0.6 is 0 Å². The molecular weight excluding hydrogens is 414 g/mol. The van der Waals surface area contributed by atoms with E-state index in [1.54, 1.807) is 11.8 Å². The second-order valence-electron chi connectivity index (χ2n) is 9.11. The summed E-state index contributed by atoms with van der Waals surface area (Å²) in [6.07, 6.45) is 3.52. The van der Waals surface area contributed by atoms with E-state index in [4.69, 9.17) is 9.72 Å². The van der Waals surface area contributed by atoms with E-state index in [1.165, 1.54) is 24.0 Å². The van der Waals surface area contributed by atoms with E-state index in [-0.39, 0.29) is 11.9 Å². The third-order valence-electron chi connectivity index (χ3n) is 6.85. The van der Waals surface area contributed by atoms with Gasteiger partial charge >= 0.3 is 0 Å². The van der Waals surface area contributed by atoms with Crippen LogP contribution in [0.2, 0.25) is 0 Å². The molecule has 1 amide bonds. The highest BCUT2D eigenvalue weighted by Gasteiger charge is 2.24. The molecule has 1 aliphatic rings. The number of pyridine rings is 1. The van der Waals surface area contributed by atoms with E-state index in [2.05, 4.69) is 53.4 Å². The number of hydrogen-bond donors (Lipinski definition) is 1. The number of ether oxygens (including phenoxy) is 1. The maximum absolute atomic E-state index is 12.8. The standard InChI is InChI=1S/C26H35N5O2/c1-17-8-10-20(11-9-17)22(31-14-6-7-15-31)16-27-23(32)13-12-21-18(2)24-25(28-19(21)3)30(4)29-26(24)33-5/h8-11,22H,6-7,12-16H2,1-5H3,(H,27,32). The minimum Gasteiger partial charge on any atom is -0.479 e. The molecule has 1 N–H and O–H groups in total. The molecule has 0 bridgehead atoms. The summed E-state index contributed by atoms with van der Waals surface area (Å²) in [6.45, 7) is 8.98. The third-order valence-corrected chi connectivity index (χ3v) is 6.85. The molecule has 1 atom stereocenters. The van der Waals surface area contributed by atoms with Crippen molar-refractivity contribution in [1.29, 1.82) is 0 Å². The van der Waals surface area contributed by atoms with Gasteiger partial charge in [-0.25, -0.2) is 9.67 Å². The van der Waals surface area contributed by atoms with Gasteiger partial charge in [0.25, 0.3) is 0 Å². The van der Waals surface area contributed by atoms with Gasteiger partial charge in [0.15, 0.2) is 5.65 Å². The first-order valence-corrected chi connectivity index (χ1v) is 11.8. The molecule has 0 radical (unpaired) electrons. The Morgan fingerprint density at radius 3 is 2.52 bits per heavy atom. The van der Waals surface area contributed by atoms with Gasteiger partial charge in [-0.15, -0.1) is 5.10 Å². The Balaban J connectivity index is 1.44. The van der Waals surface area contributed by atoms with E-state index in [0.717, 1.165) is 40.9 Å². The molecule has 0 aliphatic carbocycles. The molecule has 0 saturated carbocycles. The number of amides is 1. The number of nitrogens with one attached hydrogen (secondary N) is 1. The van der Waals surface area contributed by atoms with E-state index in [0.29, 0.717) is 25.3 Å². The van der Waals surface area contributed by atoms with E-state index < -0.39 is 0 Å². The topological polar surface area (TPSA) is 72.3 Å². The summed E-state index contributed by atoms with van der Waals surface area (Å²) in [5.74, 6) is 0.651. The minimum atomic E-state index is 0.0726. The summed E-state index contributed by atoms with van der Waals surface area (Å²) < 4.78 is 7.20. The SMILES string of the molecule is COc1nn(C)c2nc(C)c(CCC(=O)NCC(c3ccc(C)cc3)N3CCCC3)c(C)c12. The Morgan fingerprint density at radius 1 is 1.15 bits per heavy atom. The van der Waals surface area contributed by atoms with Gasteiger partial charge in [-0.1, -0.05) is 29.8 Å². The summed E-state index contributed by atoms with van der Waals surface area (Å²) in [6, 6.07) is 8.92. The highest BCUT2D eigenvalue weighted by Crippen LogP contribution is 2.30. The number of rotatable bonds is 8. The van der Waals surface area contributed by atoms with Crippen LogP contribution in [0.5, 0.6) is 5.88 Å². The van der Waals surface area contributed by atoms with Gasteiger partial charge in [-0.05, 0) is 69.8 Å². The summed E-state index contributed by atoms with van der Waals surface area (Å²) >= 11 is 0. The van der Waals surface area contributed by atoms with Gasteiger partial charge in [-0.3, -0.25) is 9.69 Å². The lowest BCUT2D eigenvalue weighted by molar-refractivity contribution is -0.121. The first-order valence-electron chi connectivity index (χ1n) is 11.8. The minimum absolute atomic E-state index is 0.0726. The average Bonchev–Trinajstić information content (AvgIpc) is 3.43. The number of likely N-dealkylation sites (tertiary alicyclic amines) is 1. The van der Waals surface area contributed by atoms with Crippen molar-refractivity contribution in [2.75, 3.05) is 26.7 Å². The van der Waals surface area contributed by atoms with Crippen molar-refractivity contribution in [3.8, 4) is 5.88 Å². The number of fused-ring (bicyclic) bond motifs is 1. The Kier molecular flexibility index (Phi) is 6.98. The Morgan fingerprint density at radius 2 is 1.85 bits per heavy atom. The fraction of sp³-hybridized carbons (Fsp3) is 0.500. The van der Waals surface area contributed by atoms with Crippen molar-refractivity contribution in [3.05, 3.63) is 52.2 Å². The number of aromatic nitrogens is 3. The monoisotopic (exact) mass is 449 g/mol. The average molecular weight is 450 g/mol. The zero-order valence-electron chi connectivity index (χ0n) is 20.4. The molecule has 3 heterocycles. The molecule has 7 nitrogen and oxygen atoms in total. The van der Waals surface area contributed by atoms with Crippen LogP contribution in [0.4, 0.5) is 0 Å². The lowest BCUT2D eigenvalue weighted by Gasteiger charge is -2.28. The molecule has 176 valence electrons. The van der Waals surface area contributed by atoms with Crippen LogP contribution < -0.4 is 10.1 Å². The van der Waals surface area contributed by atoms with Gasteiger partial charge in [-0.2, -0.15) is 0 Å². The zero-order chi connectivity index (χ0) is 23.5. The van der Waals surface area contributed by atoms with Crippen molar-refractivity contribution in [3.63, 3.8) is 0 Å². The van der Waals surface area contributed by atoms with Crippen molar-refractivity contribution < 1.29 is 9.53 Å². The summed E-state index contributed by atoms with van der Waals surface area (Å²) in [7, 11) is 3.49. The van der Waals surface area contributed by atoms with Crippen LogP contribution in [0.15, 0.2) is 24.3 Å². The molecule has 7 heteroatoms. The summed E-state index contributed by atoms with van der Waals surface area (Å²) in [4.78, 5) is 20.1. The molecule has 1 aromatic carbocycles. The molecule has 33 heavy (non-hydrogen) atoms. The van der Waals surface area contributed by atoms with Crippen molar-refractivity contribution in [2.45, 2.75) is 52.5 Å². The zero-order valence-corrected chi connectivity index (χ0v) is 20.4. The van der Waals surface area contributed by atoms with Gasteiger partial charge < -0.3 is 10.1 Å². The van der Waals surface area contributed by atoms with Crippen LogP contribution in [-0.4, -0.2) is 52.3 Å². The largest absolute Gasteiger partial charge is 0.479 e. The predicted octanol–water partition coefficient (Wildman–Crippen LogP) is 3.79. The number of nitrogens with zero attached hydrogens (tertiary/aromatic N) is 4. The molecular formula is C26H35N5O2. The van der Waals surface area contributed by atoms with Crippen molar-refractivity contribution >= 4 is 16.9 Å².